The first-order valence-corrected chi connectivity index (χ1v) is 10.8. The number of rotatable bonds is 5. The highest BCUT2D eigenvalue weighted by Gasteiger charge is 2.31. The number of nitro groups is 1. The highest BCUT2D eigenvalue weighted by atomic mass is 32.2. The van der Waals surface area contributed by atoms with Crippen LogP contribution in [0.5, 0.6) is 0 Å². The standard InChI is InChI=1S/C17H25N3O5S/c1-26(23,24)16-4-2-3-15(17(16)20(21)22)19-7-5-14(6-8-19)13-18-9-11-25-12-10-18/h2-4,14H,5-13H2,1H3. The summed E-state index contributed by atoms with van der Waals surface area (Å²) in [5.41, 5.74) is 0.101. The molecule has 0 aromatic heterocycles. The van der Waals surface area contributed by atoms with Crippen molar-refractivity contribution in [1.29, 1.82) is 0 Å². The molecule has 2 fully saturated rings. The lowest BCUT2D eigenvalue weighted by Gasteiger charge is -2.36. The third-order valence-electron chi connectivity index (χ3n) is 5.14. The van der Waals surface area contributed by atoms with Crippen LogP contribution in [0.2, 0.25) is 0 Å². The lowest BCUT2D eigenvalue weighted by Crippen LogP contribution is -2.43. The summed E-state index contributed by atoms with van der Waals surface area (Å²) in [5.74, 6) is 0.557. The average Bonchev–Trinajstić information content (AvgIpc) is 2.62. The summed E-state index contributed by atoms with van der Waals surface area (Å²) in [4.78, 5) is 15.1. The van der Waals surface area contributed by atoms with E-state index in [2.05, 4.69) is 4.90 Å². The van der Waals surface area contributed by atoms with Gasteiger partial charge in [-0.1, -0.05) is 6.07 Å². The first-order valence-electron chi connectivity index (χ1n) is 8.89. The quantitative estimate of drug-likeness (QED) is 0.562. The van der Waals surface area contributed by atoms with Crippen LogP contribution in [-0.2, 0) is 14.6 Å². The molecule has 0 radical (unpaired) electrons. The Morgan fingerprint density at radius 1 is 1.19 bits per heavy atom. The summed E-state index contributed by atoms with van der Waals surface area (Å²) < 4.78 is 29.2. The third kappa shape index (κ3) is 4.33. The lowest BCUT2D eigenvalue weighted by molar-refractivity contribution is -0.387. The van der Waals surface area contributed by atoms with Gasteiger partial charge < -0.3 is 9.64 Å². The van der Waals surface area contributed by atoms with E-state index in [1.54, 1.807) is 12.1 Å². The minimum atomic E-state index is -3.66. The predicted octanol–water partition coefficient (Wildman–Crippen LogP) is 1.55. The van der Waals surface area contributed by atoms with E-state index in [4.69, 9.17) is 4.74 Å². The van der Waals surface area contributed by atoms with E-state index in [-0.39, 0.29) is 10.6 Å². The molecular weight excluding hydrogens is 358 g/mol. The first kappa shape index (κ1) is 19.1. The predicted molar refractivity (Wildman–Crippen MR) is 98.4 cm³/mol. The SMILES string of the molecule is CS(=O)(=O)c1cccc(N2CCC(CN3CCOCC3)CC2)c1[N+](=O)[O-]. The van der Waals surface area contributed by atoms with Gasteiger partial charge in [-0.2, -0.15) is 0 Å². The fraction of sp³-hybridized carbons (Fsp3) is 0.647. The molecule has 0 aliphatic carbocycles. The number of nitro benzene ring substituents is 1. The van der Waals surface area contributed by atoms with Crippen LogP contribution in [-0.4, -0.2) is 70.4 Å². The minimum absolute atomic E-state index is 0.213. The van der Waals surface area contributed by atoms with Crippen molar-refractivity contribution in [3.05, 3.63) is 28.3 Å². The molecule has 0 spiro atoms. The number of morpholine rings is 1. The number of benzene rings is 1. The van der Waals surface area contributed by atoms with Crippen molar-refractivity contribution in [2.24, 2.45) is 5.92 Å². The molecule has 0 atom stereocenters. The monoisotopic (exact) mass is 383 g/mol. The second kappa shape index (κ2) is 7.89. The maximum atomic E-state index is 11.9. The second-order valence-corrected chi connectivity index (χ2v) is 8.98. The molecule has 0 saturated carbocycles. The van der Waals surface area contributed by atoms with E-state index < -0.39 is 14.8 Å². The molecule has 3 rings (SSSR count). The summed E-state index contributed by atoms with van der Waals surface area (Å²) in [6.07, 6.45) is 2.89. The number of ether oxygens (including phenoxy) is 1. The van der Waals surface area contributed by atoms with E-state index >= 15 is 0 Å². The van der Waals surface area contributed by atoms with Crippen molar-refractivity contribution < 1.29 is 18.1 Å². The molecule has 0 unspecified atom stereocenters. The van der Waals surface area contributed by atoms with Gasteiger partial charge in [-0.05, 0) is 30.9 Å². The molecule has 1 aromatic carbocycles. The minimum Gasteiger partial charge on any atom is -0.379 e. The fourth-order valence-corrected chi connectivity index (χ4v) is 4.61. The summed E-state index contributed by atoms with van der Waals surface area (Å²) in [7, 11) is -3.66. The highest BCUT2D eigenvalue weighted by Crippen LogP contribution is 2.36. The van der Waals surface area contributed by atoms with Crippen molar-refractivity contribution in [3.8, 4) is 0 Å². The number of sulfone groups is 1. The van der Waals surface area contributed by atoms with Gasteiger partial charge in [0.25, 0.3) is 0 Å². The Bertz CT molecular complexity index is 754. The van der Waals surface area contributed by atoms with Crippen LogP contribution in [0, 0.1) is 16.0 Å². The zero-order chi connectivity index (χ0) is 18.7. The van der Waals surface area contributed by atoms with Crippen LogP contribution >= 0.6 is 0 Å². The number of nitrogens with zero attached hydrogens (tertiary/aromatic N) is 3. The summed E-state index contributed by atoms with van der Waals surface area (Å²) in [5, 5.41) is 11.6. The molecule has 8 nitrogen and oxygen atoms in total. The fourth-order valence-electron chi connectivity index (χ4n) is 3.75. The molecule has 2 heterocycles. The van der Waals surface area contributed by atoms with Crippen LogP contribution in [0.25, 0.3) is 0 Å². The van der Waals surface area contributed by atoms with Crippen molar-refractivity contribution in [3.63, 3.8) is 0 Å². The van der Waals surface area contributed by atoms with Gasteiger partial charge in [0.15, 0.2) is 9.84 Å². The summed E-state index contributed by atoms with van der Waals surface area (Å²) >= 11 is 0. The van der Waals surface area contributed by atoms with Crippen LogP contribution in [0.3, 0.4) is 0 Å². The number of hydrogen-bond acceptors (Lipinski definition) is 7. The van der Waals surface area contributed by atoms with E-state index in [1.165, 1.54) is 6.07 Å². The van der Waals surface area contributed by atoms with E-state index in [1.807, 2.05) is 4.90 Å². The molecule has 9 heteroatoms. The van der Waals surface area contributed by atoms with Crippen LogP contribution < -0.4 is 4.90 Å². The molecule has 1 aromatic rings. The molecule has 0 bridgehead atoms. The normalized spacial score (nSPS) is 20.3. The topological polar surface area (TPSA) is 93.0 Å². The van der Waals surface area contributed by atoms with Crippen molar-refractivity contribution in [2.75, 3.05) is 57.1 Å². The Kier molecular flexibility index (Phi) is 5.79. The van der Waals surface area contributed by atoms with Crippen LogP contribution in [0.4, 0.5) is 11.4 Å². The number of anilines is 1. The molecule has 2 saturated heterocycles. The second-order valence-electron chi connectivity index (χ2n) is 7.00. The smallest absolute Gasteiger partial charge is 0.311 e. The van der Waals surface area contributed by atoms with Crippen molar-refractivity contribution in [2.45, 2.75) is 17.7 Å². The Morgan fingerprint density at radius 2 is 1.85 bits per heavy atom. The van der Waals surface area contributed by atoms with Gasteiger partial charge in [0.1, 0.15) is 10.6 Å². The van der Waals surface area contributed by atoms with E-state index in [9.17, 15) is 18.5 Å². The highest BCUT2D eigenvalue weighted by molar-refractivity contribution is 7.90. The molecule has 26 heavy (non-hydrogen) atoms. The molecule has 144 valence electrons. The molecule has 0 N–H and O–H groups in total. The molecule has 2 aliphatic heterocycles. The Labute approximate surface area is 153 Å². The third-order valence-corrected chi connectivity index (χ3v) is 6.26. The van der Waals surface area contributed by atoms with Gasteiger partial charge in [0.2, 0.25) is 0 Å². The van der Waals surface area contributed by atoms with Gasteiger partial charge in [0, 0.05) is 39.0 Å². The maximum Gasteiger partial charge on any atom is 0.311 e. The zero-order valence-electron chi connectivity index (χ0n) is 15.0. The van der Waals surface area contributed by atoms with Gasteiger partial charge in [0.05, 0.1) is 18.1 Å². The van der Waals surface area contributed by atoms with Gasteiger partial charge >= 0.3 is 5.69 Å². The Balaban J connectivity index is 1.72. The number of hydrogen-bond donors (Lipinski definition) is 0. The average molecular weight is 383 g/mol. The van der Waals surface area contributed by atoms with Crippen LogP contribution in [0.15, 0.2) is 23.1 Å². The molecule has 2 aliphatic rings. The largest absolute Gasteiger partial charge is 0.379 e. The zero-order valence-corrected chi connectivity index (χ0v) is 15.8. The van der Waals surface area contributed by atoms with Crippen molar-refractivity contribution in [1.82, 2.24) is 4.90 Å². The lowest BCUT2D eigenvalue weighted by atomic mass is 9.95. The number of para-hydroxylation sites is 1. The van der Waals surface area contributed by atoms with Crippen LogP contribution in [0.1, 0.15) is 12.8 Å². The Morgan fingerprint density at radius 3 is 2.42 bits per heavy atom. The van der Waals surface area contributed by atoms with Gasteiger partial charge in [-0.25, -0.2) is 8.42 Å². The molecule has 0 amide bonds. The summed E-state index contributed by atoms with van der Waals surface area (Å²) in [6.45, 7) is 5.91. The van der Waals surface area contributed by atoms with E-state index in [0.717, 1.165) is 51.9 Å². The summed E-state index contributed by atoms with van der Waals surface area (Å²) in [6, 6.07) is 4.54. The Hall–Kier alpha value is -1.71. The first-order chi connectivity index (χ1) is 12.4. The molecular formula is C17H25N3O5S. The number of piperidine rings is 1. The van der Waals surface area contributed by atoms with Crippen molar-refractivity contribution >= 4 is 21.2 Å². The maximum absolute atomic E-state index is 11.9. The van der Waals surface area contributed by atoms with Gasteiger partial charge in [-0.15, -0.1) is 0 Å². The van der Waals surface area contributed by atoms with Gasteiger partial charge in [-0.3, -0.25) is 15.0 Å². The van der Waals surface area contributed by atoms with E-state index in [0.29, 0.717) is 24.7 Å².